The monoisotopic (exact) mass is 481 g/mol. The third-order valence-electron chi connectivity index (χ3n) is 6.99. The first-order chi connectivity index (χ1) is 16.7. The first-order valence-corrected chi connectivity index (χ1v) is 12.5. The van der Waals surface area contributed by atoms with Crippen LogP contribution in [-0.4, -0.2) is 53.8 Å². The summed E-state index contributed by atoms with van der Waals surface area (Å²) in [5, 5.41) is 12.3. The van der Waals surface area contributed by atoms with Crippen LogP contribution < -0.4 is 21.3 Å². The molecule has 1 aromatic rings. The van der Waals surface area contributed by atoms with Crippen LogP contribution in [0.15, 0.2) is 48.7 Å². The molecule has 8 heteroatoms. The lowest BCUT2D eigenvalue weighted by Gasteiger charge is -2.36. The number of amides is 3. The van der Waals surface area contributed by atoms with Gasteiger partial charge in [-0.25, -0.2) is 0 Å². The molecule has 2 heterocycles. The second kappa shape index (κ2) is 12.0. The number of hydrogen-bond acceptors (Lipinski definition) is 5. The Balaban J connectivity index is 1.66. The molecule has 8 nitrogen and oxygen atoms in total. The van der Waals surface area contributed by atoms with Gasteiger partial charge >= 0.3 is 0 Å². The number of rotatable bonds is 9. The van der Waals surface area contributed by atoms with Crippen LogP contribution in [0.25, 0.3) is 0 Å². The molecule has 2 aliphatic rings. The van der Waals surface area contributed by atoms with E-state index in [4.69, 9.17) is 0 Å². The minimum atomic E-state index is -0.476. The Kier molecular flexibility index (Phi) is 9.09. The van der Waals surface area contributed by atoms with E-state index in [1.54, 1.807) is 13.0 Å². The Labute approximate surface area is 208 Å². The van der Waals surface area contributed by atoms with Crippen molar-refractivity contribution in [1.29, 1.82) is 0 Å². The lowest BCUT2D eigenvalue weighted by Crippen LogP contribution is -2.56. The summed E-state index contributed by atoms with van der Waals surface area (Å²) in [5.41, 5.74) is 2.72. The molecule has 190 valence electrons. The first-order valence-electron chi connectivity index (χ1n) is 12.5. The van der Waals surface area contributed by atoms with Crippen LogP contribution in [0.5, 0.6) is 0 Å². The van der Waals surface area contributed by atoms with Crippen molar-refractivity contribution in [3.63, 3.8) is 0 Å². The number of anilines is 1. The van der Waals surface area contributed by atoms with E-state index in [0.717, 1.165) is 43.4 Å². The van der Waals surface area contributed by atoms with Gasteiger partial charge in [-0.2, -0.15) is 0 Å². The molecule has 3 amide bonds. The van der Waals surface area contributed by atoms with E-state index in [0.29, 0.717) is 24.2 Å². The number of benzene rings is 1. The fraction of sp³-hybridized carbons (Fsp3) is 0.519. The average molecular weight is 482 g/mol. The van der Waals surface area contributed by atoms with Crippen LogP contribution in [0.4, 0.5) is 5.69 Å². The zero-order chi connectivity index (χ0) is 25.5. The van der Waals surface area contributed by atoms with E-state index in [9.17, 15) is 14.4 Å². The first kappa shape index (κ1) is 26.5. The molecule has 2 saturated heterocycles. The minimum absolute atomic E-state index is 0.0127. The van der Waals surface area contributed by atoms with Gasteiger partial charge in [-0.1, -0.05) is 38.1 Å². The highest BCUT2D eigenvalue weighted by Crippen LogP contribution is 2.31. The van der Waals surface area contributed by atoms with Crippen LogP contribution in [0.3, 0.4) is 0 Å². The Morgan fingerprint density at radius 2 is 1.89 bits per heavy atom. The number of nitrogens with one attached hydrogen (secondary N) is 4. The van der Waals surface area contributed by atoms with Gasteiger partial charge in [0.25, 0.3) is 5.91 Å². The Hall–Kier alpha value is -3.13. The molecule has 3 rings (SSSR count). The van der Waals surface area contributed by atoms with E-state index in [-0.39, 0.29) is 35.8 Å². The van der Waals surface area contributed by atoms with Crippen molar-refractivity contribution in [2.24, 2.45) is 0 Å². The summed E-state index contributed by atoms with van der Waals surface area (Å²) >= 11 is 0. The molecule has 35 heavy (non-hydrogen) atoms. The predicted molar refractivity (Wildman–Crippen MR) is 138 cm³/mol. The zero-order valence-electron chi connectivity index (χ0n) is 21.2. The Morgan fingerprint density at radius 1 is 1.14 bits per heavy atom. The molecule has 0 bridgehead atoms. The van der Waals surface area contributed by atoms with Crippen molar-refractivity contribution in [1.82, 2.24) is 20.9 Å². The van der Waals surface area contributed by atoms with E-state index >= 15 is 0 Å². The smallest absolute Gasteiger partial charge is 0.250 e. The summed E-state index contributed by atoms with van der Waals surface area (Å²) in [6.07, 6.45) is 5.18. The molecular weight excluding hydrogens is 442 g/mol. The quantitative estimate of drug-likeness (QED) is 0.406. The number of nitrogens with zero attached hydrogens (tertiary/aromatic N) is 1. The minimum Gasteiger partial charge on any atom is -0.376 e. The summed E-state index contributed by atoms with van der Waals surface area (Å²) in [4.78, 5) is 40.5. The number of likely N-dealkylation sites (N-methyl/N-ethyl adjacent to an activating group) is 1. The summed E-state index contributed by atoms with van der Waals surface area (Å²) in [5.74, 6) is -0.394. The van der Waals surface area contributed by atoms with Crippen LogP contribution >= 0.6 is 0 Å². The van der Waals surface area contributed by atoms with Crippen LogP contribution in [0.2, 0.25) is 0 Å². The van der Waals surface area contributed by atoms with Gasteiger partial charge in [0.15, 0.2) is 0 Å². The molecule has 2 fully saturated rings. The van der Waals surface area contributed by atoms with Gasteiger partial charge < -0.3 is 26.2 Å². The van der Waals surface area contributed by atoms with Crippen LogP contribution in [-0.2, 0) is 20.9 Å². The topological polar surface area (TPSA) is 103 Å². The standard InChI is InChI=1S/C27H39N5O3/c1-17(2)25(33)31-21-10-8-9-20(15-21)16-29-26(34)24-14-13-22-11-6-7-12-23(27(35)32(22)24)30-19(4)18(3)28-5/h8-10,15,18,22-24,28,30H,1,4,6-7,11-14,16H2,2-3,5H3,(H,29,34)(H,31,33). The van der Waals surface area contributed by atoms with Crippen LogP contribution in [0.1, 0.15) is 57.9 Å². The third-order valence-corrected chi connectivity index (χ3v) is 6.99. The highest BCUT2D eigenvalue weighted by atomic mass is 16.2. The summed E-state index contributed by atoms with van der Waals surface area (Å²) in [7, 11) is 1.86. The maximum absolute atomic E-state index is 13.6. The fourth-order valence-electron chi connectivity index (χ4n) is 4.75. The average Bonchev–Trinajstić information content (AvgIpc) is 3.25. The van der Waals surface area contributed by atoms with Gasteiger partial charge in [0, 0.05) is 35.6 Å². The van der Waals surface area contributed by atoms with Gasteiger partial charge in [0.05, 0.1) is 0 Å². The van der Waals surface area contributed by atoms with Gasteiger partial charge in [-0.05, 0) is 64.3 Å². The van der Waals surface area contributed by atoms with Crippen molar-refractivity contribution in [3.8, 4) is 0 Å². The normalized spacial score (nSPS) is 22.9. The number of fused-ring (bicyclic) bond motifs is 1. The molecule has 2 aliphatic heterocycles. The summed E-state index contributed by atoms with van der Waals surface area (Å²) < 4.78 is 0. The lowest BCUT2D eigenvalue weighted by atomic mass is 9.98. The molecule has 4 unspecified atom stereocenters. The molecule has 0 radical (unpaired) electrons. The second-order valence-electron chi connectivity index (χ2n) is 9.66. The van der Waals surface area contributed by atoms with E-state index < -0.39 is 6.04 Å². The van der Waals surface area contributed by atoms with Crippen molar-refractivity contribution in [3.05, 3.63) is 54.3 Å². The van der Waals surface area contributed by atoms with Crippen LogP contribution in [0, 0.1) is 0 Å². The molecule has 0 aliphatic carbocycles. The van der Waals surface area contributed by atoms with E-state index in [1.807, 2.05) is 37.1 Å². The molecular formula is C27H39N5O3. The maximum atomic E-state index is 13.6. The van der Waals surface area contributed by atoms with E-state index in [2.05, 4.69) is 34.4 Å². The highest BCUT2D eigenvalue weighted by molar-refractivity contribution is 6.02. The molecule has 0 saturated carbocycles. The van der Waals surface area contributed by atoms with E-state index in [1.165, 1.54) is 0 Å². The maximum Gasteiger partial charge on any atom is 0.250 e. The lowest BCUT2D eigenvalue weighted by molar-refractivity contribution is -0.142. The predicted octanol–water partition coefficient (Wildman–Crippen LogP) is 2.83. The van der Waals surface area contributed by atoms with Crippen molar-refractivity contribution in [2.75, 3.05) is 12.4 Å². The van der Waals surface area contributed by atoms with Crippen molar-refractivity contribution < 1.29 is 14.4 Å². The molecule has 1 aromatic carbocycles. The Morgan fingerprint density at radius 3 is 2.60 bits per heavy atom. The second-order valence-corrected chi connectivity index (χ2v) is 9.66. The van der Waals surface area contributed by atoms with Gasteiger partial charge in [0.1, 0.15) is 12.1 Å². The third kappa shape index (κ3) is 6.72. The summed E-state index contributed by atoms with van der Waals surface area (Å²) in [6, 6.07) is 6.63. The molecule has 4 N–H and O–H groups in total. The number of carbonyl (C=O) groups excluding carboxylic acids is 3. The van der Waals surface area contributed by atoms with Gasteiger partial charge in [0.2, 0.25) is 11.8 Å². The Bertz CT molecular complexity index is 975. The van der Waals surface area contributed by atoms with Gasteiger partial charge in [-0.15, -0.1) is 0 Å². The molecule has 0 spiro atoms. The molecule has 4 atom stereocenters. The largest absolute Gasteiger partial charge is 0.376 e. The fourth-order valence-corrected chi connectivity index (χ4v) is 4.75. The van der Waals surface area contributed by atoms with Crippen molar-refractivity contribution in [2.45, 2.75) is 83.1 Å². The SMILES string of the molecule is C=C(C)C(=O)Nc1cccc(CNC(=O)C2CCC3CCCCC(NC(=C)C(C)NC)C(=O)N32)c1. The van der Waals surface area contributed by atoms with Crippen molar-refractivity contribution >= 4 is 23.4 Å². The summed E-state index contributed by atoms with van der Waals surface area (Å²) in [6.45, 7) is 11.7. The molecule has 0 aromatic heterocycles. The van der Waals surface area contributed by atoms with Gasteiger partial charge in [-0.3, -0.25) is 14.4 Å². The zero-order valence-corrected chi connectivity index (χ0v) is 21.2. The highest BCUT2D eigenvalue weighted by Gasteiger charge is 2.43. The number of hydrogen-bond donors (Lipinski definition) is 4. The number of carbonyl (C=O) groups is 3.